The molecule has 0 aliphatic rings. The summed E-state index contributed by atoms with van der Waals surface area (Å²) < 4.78 is 2.00. The Bertz CT molecular complexity index is 146. The molecule has 0 atom stereocenters. The number of aromatic nitrogens is 1. The van der Waals surface area contributed by atoms with E-state index in [0.29, 0.717) is 0 Å². The van der Waals surface area contributed by atoms with Gasteiger partial charge in [-0.15, -0.1) is 0 Å². The van der Waals surface area contributed by atoms with E-state index in [4.69, 9.17) is 0 Å². The van der Waals surface area contributed by atoms with E-state index in [-0.39, 0.29) is 7.43 Å². The Balaban J connectivity index is 0. The fourth-order valence-electron chi connectivity index (χ4n) is 0.485. The third kappa shape index (κ3) is 9.15. The van der Waals surface area contributed by atoms with Crippen LogP contribution in [0.15, 0.2) is 30.6 Å². The lowest BCUT2D eigenvalue weighted by Gasteiger charge is -1.77. The summed E-state index contributed by atoms with van der Waals surface area (Å²) in [5.74, 6) is 0. The minimum atomic E-state index is 0. The van der Waals surface area contributed by atoms with Crippen molar-refractivity contribution in [3.05, 3.63) is 30.6 Å². The van der Waals surface area contributed by atoms with Crippen LogP contribution in [-0.2, 0) is 7.05 Å². The molecule has 0 aliphatic heterocycles. The topological polar surface area (TPSA) is 3.88 Å². The molecular formula is C10H20N+. The van der Waals surface area contributed by atoms with Crippen molar-refractivity contribution in [2.75, 3.05) is 0 Å². The molecule has 0 N–H and O–H groups in total. The number of aryl methyl sites for hydroxylation is 1. The van der Waals surface area contributed by atoms with Gasteiger partial charge in [-0.25, -0.2) is 4.57 Å². The van der Waals surface area contributed by atoms with Crippen molar-refractivity contribution in [3.8, 4) is 0 Å². The molecule has 0 aromatic carbocycles. The van der Waals surface area contributed by atoms with Crippen LogP contribution in [0.1, 0.15) is 27.7 Å². The van der Waals surface area contributed by atoms with Crippen molar-refractivity contribution >= 4 is 0 Å². The van der Waals surface area contributed by atoms with Gasteiger partial charge < -0.3 is 0 Å². The van der Waals surface area contributed by atoms with Crippen molar-refractivity contribution in [1.82, 2.24) is 0 Å². The first kappa shape index (κ1) is 12.8. The van der Waals surface area contributed by atoms with Gasteiger partial charge in [0, 0.05) is 12.1 Å². The van der Waals surface area contributed by atoms with Crippen molar-refractivity contribution in [2.24, 2.45) is 7.05 Å². The second-order valence-electron chi connectivity index (χ2n) is 2.25. The maximum absolute atomic E-state index is 2.12. The molecule has 0 aliphatic carbocycles. The highest BCUT2D eigenvalue weighted by Gasteiger charge is 1.78. The average Bonchev–Trinajstić information content (AvgIpc) is 1.91. The van der Waals surface area contributed by atoms with Gasteiger partial charge in [0.1, 0.15) is 7.05 Å². The van der Waals surface area contributed by atoms with E-state index in [0.717, 1.165) is 0 Å². The Morgan fingerprint density at radius 1 is 1.00 bits per heavy atom. The zero-order chi connectivity index (χ0) is 7.82. The number of rotatable bonds is 0. The highest BCUT2D eigenvalue weighted by atomic mass is 14.9. The van der Waals surface area contributed by atoms with Crippen molar-refractivity contribution in [3.63, 3.8) is 0 Å². The Kier molecular flexibility index (Phi) is 10.6. The second-order valence-corrected chi connectivity index (χ2v) is 2.25. The van der Waals surface area contributed by atoms with Gasteiger partial charge in [0.25, 0.3) is 0 Å². The monoisotopic (exact) mass is 154 g/mol. The van der Waals surface area contributed by atoms with Crippen molar-refractivity contribution in [2.45, 2.75) is 27.7 Å². The summed E-state index contributed by atoms with van der Waals surface area (Å²) in [5.41, 5.74) is 0. The summed E-state index contributed by atoms with van der Waals surface area (Å²) in [6.07, 6.45) is 5.25. The minimum Gasteiger partial charge on any atom is -0.208 e. The first-order valence-corrected chi connectivity index (χ1v) is 3.71. The van der Waals surface area contributed by atoms with Gasteiger partial charge in [0.15, 0.2) is 12.4 Å². The molecule has 64 valence electrons. The summed E-state index contributed by atoms with van der Waals surface area (Å²) in [5, 5.41) is 0. The van der Waals surface area contributed by atoms with Crippen LogP contribution in [0.3, 0.4) is 0 Å². The lowest BCUT2D eigenvalue weighted by atomic mass is 10.5. The first-order valence-electron chi connectivity index (χ1n) is 3.71. The summed E-state index contributed by atoms with van der Waals surface area (Å²) in [7, 11) is 2.00. The van der Waals surface area contributed by atoms with Crippen LogP contribution in [0.5, 0.6) is 0 Å². The highest BCUT2D eigenvalue weighted by Crippen LogP contribution is 1.71. The molecule has 11 heavy (non-hydrogen) atoms. The quantitative estimate of drug-likeness (QED) is 0.506. The van der Waals surface area contributed by atoms with E-state index in [9.17, 15) is 0 Å². The third-order valence-electron chi connectivity index (χ3n) is 0.865. The lowest BCUT2D eigenvalue weighted by Crippen LogP contribution is -2.25. The molecule has 0 spiro atoms. The molecule has 0 amide bonds. The second kappa shape index (κ2) is 9.15. The van der Waals surface area contributed by atoms with Gasteiger partial charge >= 0.3 is 0 Å². The number of nitrogens with zero attached hydrogens (tertiary/aromatic N) is 1. The van der Waals surface area contributed by atoms with Crippen LogP contribution in [0.25, 0.3) is 0 Å². The molecule has 0 radical (unpaired) electrons. The average molecular weight is 154 g/mol. The van der Waals surface area contributed by atoms with Gasteiger partial charge in [0.2, 0.25) is 0 Å². The highest BCUT2D eigenvalue weighted by molar-refractivity contribution is 4.83. The zero-order valence-corrected chi connectivity index (χ0v) is 7.04. The molecule has 1 heteroatoms. The van der Waals surface area contributed by atoms with Crippen LogP contribution >= 0.6 is 0 Å². The maximum Gasteiger partial charge on any atom is 0.168 e. The molecular weight excluding hydrogens is 134 g/mol. The van der Waals surface area contributed by atoms with Crippen LogP contribution in [-0.4, -0.2) is 0 Å². The van der Waals surface area contributed by atoms with Gasteiger partial charge in [-0.3, -0.25) is 0 Å². The van der Waals surface area contributed by atoms with Crippen molar-refractivity contribution < 1.29 is 4.57 Å². The number of pyridine rings is 1. The van der Waals surface area contributed by atoms with E-state index < -0.39 is 0 Å². The van der Waals surface area contributed by atoms with Gasteiger partial charge in [0.05, 0.1) is 0 Å². The van der Waals surface area contributed by atoms with Gasteiger partial charge in [-0.05, 0) is 0 Å². The fourth-order valence-corrected chi connectivity index (χ4v) is 0.485. The summed E-state index contributed by atoms with van der Waals surface area (Å²) in [6, 6.07) is 6.00. The third-order valence-corrected chi connectivity index (χ3v) is 0.865. The summed E-state index contributed by atoms with van der Waals surface area (Å²) in [4.78, 5) is 0. The molecule has 0 saturated carbocycles. The fraction of sp³-hybridized carbons (Fsp3) is 0.500. The molecule has 1 aromatic rings. The SMILES string of the molecule is C.CCC.C[n+]1ccccc1. The van der Waals surface area contributed by atoms with Gasteiger partial charge in [-0.2, -0.15) is 0 Å². The van der Waals surface area contributed by atoms with Crippen LogP contribution in [0.4, 0.5) is 0 Å². The Labute approximate surface area is 70.7 Å². The first-order chi connectivity index (χ1) is 4.81. The maximum atomic E-state index is 2.12. The number of hydrogen-bond acceptors (Lipinski definition) is 0. The predicted octanol–water partition coefficient (Wildman–Crippen LogP) is 2.56. The molecule has 1 rings (SSSR count). The molecule has 0 saturated heterocycles. The summed E-state index contributed by atoms with van der Waals surface area (Å²) in [6.45, 7) is 4.25. The van der Waals surface area contributed by atoms with Crippen LogP contribution in [0, 0.1) is 0 Å². The molecule has 1 aromatic heterocycles. The van der Waals surface area contributed by atoms with Crippen molar-refractivity contribution in [1.29, 1.82) is 0 Å². The molecule has 0 fully saturated rings. The zero-order valence-electron chi connectivity index (χ0n) is 7.04. The van der Waals surface area contributed by atoms with Crippen LogP contribution < -0.4 is 4.57 Å². The lowest BCUT2D eigenvalue weighted by molar-refractivity contribution is -0.671. The molecule has 1 nitrogen and oxygen atoms in total. The van der Waals surface area contributed by atoms with Crippen LogP contribution in [0.2, 0.25) is 0 Å². The van der Waals surface area contributed by atoms with E-state index in [1.54, 1.807) is 0 Å². The Morgan fingerprint density at radius 2 is 1.36 bits per heavy atom. The van der Waals surface area contributed by atoms with E-state index in [2.05, 4.69) is 13.8 Å². The Morgan fingerprint density at radius 3 is 1.55 bits per heavy atom. The number of hydrogen-bond donors (Lipinski definition) is 0. The standard InChI is InChI=1S/C6H8N.C3H8.CH4/c1-7-5-3-2-4-6-7;1-3-2;/h2-6H,1H3;3H2,1-2H3;1H4/q+1;;. The predicted molar refractivity (Wildman–Crippen MR) is 50.3 cm³/mol. The summed E-state index contributed by atoms with van der Waals surface area (Å²) >= 11 is 0. The molecule has 0 unspecified atom stereocenters. The largest absolute Gasteiger partial charge is 0.208 e. The Hall–Kier alpha value is -0.850. The molecule has 0 bridgehead atoms. The normalized spacial score (nSPS) is 7.18. The molecule has 1 heterocycles. The van der Waals surface area contributed by atoms with E-state index >= 15 is 0 Å². The smallest absolute Gasteiger partial charge is 0.168 e. The van der Waals surface area contributed by atoms with E-state index in [1.165, 1.54) is 6.42 Å². The minimum absolute atomic E-state index is 0. The van der Waals surface area contributed by atoms with Gasteiger partial charge in [-0.1, -0.05) is 33.8 Å². The van der Waals surface area contributed by atoms with E-state index in [1.807, 2.05) is 42.2 Å².